The molecule has 3 fully saturated rings. The van der Waals surface area contributed by atoms with Gasteiger partial charge in [0, 0.05) is 40.9 Å². The van der Waals surface area contributed by atoms with Crippen LogP contribution < -0.4 is 0 Å². The number of ketones is 5. The van der Waals surface area contributed by atoms with Crippen molar-refractivity contribution in [3.8, 4) is 0 Å². The van der Waals surface area contributed by atoms with Gasteiger partial charge in [-0.2, -0.15) is 0 Å². The first-order valence-corrected chi connectivity index (χ1v) is 12.1. The molecule has 0 aromatic heterocycles. The third kappa shape index (κ3) is 1.76. The minimum atomic E-state index is -2.10. The molecule has 36 heavy (non-hydrogen) atoms. The average Bonchev–Trinajstić information content (AvgIpc) is 3.31. The molecule has 6 aliphatic rings. The van der Waals surface area contributed by atoms with Crippen LogP contribution >= 0.6 is 0 Å². The van der Waals surface area contributed by atoms with Gasteiger partial charge in [-0.05, 0) is 26.7 Å². The maximum absolute atomic E-state index is 14.4. The van der Waals surface area contributed by atoms with Gasteiger partial charge in [0.25, 0.3) is 0 Å². The summed E-state index contributed by atoms with van der Waals surface area (Å²) in [6.07, 6.45) is 7.40. The van der Waals surface area contributed by atoms with E-state index in [1.54, 1.807) is 32.1 Å². The molecule has 8 atom stereocenters. The molecular formula is C28H26O8. The lowest BCUT2D eigenvalue weighted by molar-refractivity contribution is -0.161. The van der Waals surface area contributed by atoms with E-state index in [2.05, 4.69) is 0 Å². The Bertz CT molecular complexity index is 1420. The lowest BCUT2D eigenvalue weighted by Gasteiger charge is -2.54. The van der Waals surface area contributed by atoms with E-state index in [1.807, 2.05) is 0 Å². The van der Waals surface area contributed by atoms with Gasteiger partial charge in [0.1, 0.15) is 0 Å². The number of Topliss-reactive ketones (excluding diaryl/α,β-unsaturated/α-hetero) is 5. The van der Waals surface area contributed by atoms with Gasteiger partial charge in [-0.25, -0.2) is 0 Å². The van der Waals surface area contributed by atoms with Crippen LogP contribution in [0.3, 0.4) is 0 Å². The van der Waals surface area contributed by atoms with E-state index >= 15 is 0 Å². The van der Waals surface area contributed by atoms with Gasteiger partial charge in [-0.1, -0.05) is 37.3 Å². The number of allylic oxidation sites excluding steroid dienone is 8. The number of carbonyl (C=O) groups excluding carboxylic acids is 5. The number of carbonyl (C=O) groups is 5. The molecule has 3 spiro atoms. The van der Waals surface area contributed by atoms with Crippen LogP contribution in [0.4, 0.5) is 0 Å². The van der Waals surface area contributed by atoms with Crippen molar-refractivity contribution in [3.05, 3.63) is 58.6 Å². The van der Waals surface area contributed by atoms with Crippen molar-refractivity contribution in [2.24, 2.45) is 39.9 Å². The Kier molecular flexibility index (Phi) is 4.03. The van der Waals surface area contributed by atoms with Crippen LogP contribution in [-0.4, -0.2) is 49.8 Å². The Morgan fingerprint density at radius 2 is 1.58 bits per heavy atom. The molecule has 0 aromatic rings. The molecule has 0 aliphatic heterocycles. The largest absolute Gasteiger partial charge is 0.504 e. The number of hydrogen-bond donors (Lipinski definition) is 3. The molecule has 2 bridgehead atoms. The molecule has 8 nitrogen and oxygen atoms in total. The molecule has 0 unspecified atom stereocenters. The zero-order chi connectivity index (χ0) is 26.3. The zero-order valence-corrected chi connectivity index (χ0v) is 20.3. The summed E-state index contributed by atoms with van der Waals surface area (Å²) < 4.78 is 0. The van der Waals surface area contributed by atoms with E-state index in [1.165, 1.54) is 26.0 Å². The predicted molar refractivity (Wildman–Crippen MR) is 124 cm³/mol. The number of rotatable bonds is 2. The second-order valence-corrected chi connectivity index (χ2v) is 11.1. The topological polar surface area (TPSA) is 146 Å². The molecule has 186 valence electrons. The van der Waals surface area contributed by atoms with Gasteiger partial charge in [-0.3, -0.25) is 24.0 Å². The highest BCUT2D eigenvalue weighted by atomic mass is 16.3. The molecule has 0 aromatic carbocycles. The molecule has 6 aliphatic carbocycles. The van der Waals surface area contributed by atoms with Crippen LogP contribution in [0.5, 0.6) is 0 Å². The van der Waals surface area contributed by atoms with E-state index < -0.39 is 92.4 Å². The quantitative estimate of drug-likeness (QED) is 0.500. The first-order valence-electron chi connectivity index (χ1n) is 12.1. The first kappa shape index (κ1) is 23.0. The van der Waals surface area contributed by atoms with Crippen LogP contribution in [0.25, 0.3) is 0 Å². The van der Waals surface area contributed by atoms with Crippen molar-refractivity contribution < 1.29 is 39.3 Å². The monoisotopic (exact) mass is 490 g/mol. The normalized spacial score (nSPS) is 47.0. The van der Waals surface area contributed by atoms with Crippen molar-refractivity contribution in [3.63, 3.8) is 0 Å². The van der Waals surface area contributed by atoms with E-state index in [4.69, 9.17) is 0 Å². The fraction of sp³-hybridized carbons (Fsp3) is 0.464. The smallest absolute Gasteiger partial charge is 0.206 e. The van der Waals surface area contributed by atoms with Crippen molar-refractivity contribution in [1.82, 2.24) is 0 Å². The molecule has 0 saturated heterocycles. The fourth-order valence-corrected chi connectivity index (χ4v) is 9.29. The molecule has 6 rings (SSSR count). The number of hydrogen-bond acceptors (Lipinski definition) is 8. The van der Waals surface area contributed by atoms with Gasteiger partial charge >= 0.3 is 0 Å². The van der Waals surface area contributed by atoms with Gasteiger partial charge in [0.05, 0.1) is 21.8 Å². The fourth-order valence-electron chi connectivity index (χ4n) is 9.29. The summed E-state index contributed by atoms with van der Waals surface area (Å²) in [4.78, 5) is 70.3. The maximum Gasteiger partial charge on any atom is 0.206 e. The van der Waals surface area contributed by atoms with E-state index in [0.717, 1.165) is 0 Å². The van der Waals surface area contributed by atoms with E-state index in [9.17, 15) is 39.3 Å². The predicted octanol–water partition coefficient (Wildman–Crippen LogP) is 2.20. The Morgan fingerprint density at radius 3 is 2.22 bits per heavy atom. The molecule has 0 radical (unpaired) electrons. The average molecular weight is 491 g/mol. The van der Waals surface area contributed by atoms with Gasteiger partial charge < -0.3 is 15.3 Å². The third-order valence-electron chi connectivity index (χ3n) is 10.3. The van der Waals surface area contributed by atoms with Crippen molar-refractivity contribution in [1.29, 1.82) is 0 Å². The van der Waals surface area contributed by atoms with Crippen molar-refractivity contribution in [2.45, 2.75) is 39.7 Å². The van der Waals surface area contributed by atoms with Gasteiger partial charge in [0.15, 0.2) is 28.9 Å². The highest BCUT2D eigenvalue weighted by molar-refractivity contribution is 6.31. The van der Waals surface area contributed by atoms with Crippen LogP contribution in [0.1, 0.15) is 34.1 Å². The zero-order valence-electron chi connectivity index (χ0n) is 20.3. The lowest BCUT2D eigenvalue weighted by atomic mass is 9.42. The summed E-state index contributed by atoms with van der Waals surface area (Å²) in [7, 11) is 0. The molecule has 8 heteroatoms. The van der Waals surface area contributed by atoms with E-state index in [-0.39, 0.29) is 16.7 Å². The first-order chi connectivity index (χ1) is 16.8. The second kappa shape index (κ2) is 6.29. The lowest BCUT2D eigenvalue weighted by Crippen LogP contribution is -2.65. The van der Waals surface area contributed by atoms with Gasteiger partial charge in [-0.15, -0.1) is 0 Å². The Morgan fingerprint density at radius 1 is 0.944 bits per heavy atom. The Balaban J connectivity index is 1.87. The number of aliphatic hydroxyl groups excluding tert-OH is 2. The second-order valence-electron chi connectivity index (χ2n) is 11.1. The van der Waals surface area contributed by atoms with Gasteiger partial charge in [0.2, 0.25) is 11.6 Å². The molecule has 3 N–H and O–H groups in total. The molecule has 3 saturated carbocycles. The number of fused-ring (bicyclic) bond motifs is 2. The molecule has 0 amide bonds. The van der Waals surface area contributed by atoms with Crippen LogP contribution in [0.15, 0.2) is 58.6 Å². The Hall–Kier alpha value is -3.39. The van der Waals surface area contributed by atoms with Crippen LogP contribution in [0.2, 0.25) is 0 Å². The standard InChI is InChI=1S/C28H26O8/c1-5-6-7-8-26(36)14-9-15-16(29)10-25-17(18(30)11(2)19(31)23(25)34)21(26)27(13(14)4)24(35)20(32)12(3)22(33)28(15,25)27/h5-9,13-14,17,21,31-32,36H,10H2,1-4H3/b6-5+,8-7+/t13-,14-,17-,21+,25+,26+,27-,28-/m0/s1. The number of aliphatic hydroxyl groups is 3. The summed E-state index contributed by atoms with van der Waals surface area (Å²) in [5, 5.41) is 34.1. The maximum atomic E-state index is 14.4. The highest BCUT2D eigenvalue weighted by Gasteiger charge is 2.96. The van der Waals surface area contributed by atoms with Crippen molar-refractivity contribution in [2.75, 3.05) is 0 Å². The summed E-state index contributed by atoms with van der Waals surface area (Å²) >= 11 is 0. The summed E-state index contributed by atoms with van der Waals surface area (Å²) in [5.74, 6) is -9.75. The Labute approximate surface area is 206 Å². The minimum Gasteiger partial charge on any atom is -0.504 e. The SMILES string of the molecule is C/C=C/C=C/[C@]1(O)[C@H]2[C@@H]3C(=O)C(C)=C(O)C(=O)[C@@]34CC(=O)C3=C[C@H]1[C@H](C)[C@@]21C(=O)C(O)=C(C)C(=O)[C@]314. The molecular weight excluding hydrogens is 464 g/mol. The van der Waals surface area contributed by atoms with Crippen LogP contribution in [-0.2, 0) is 24.0 Å². The van der Waals surface area contributed by atoms with E-state index in [0.29, 0.717) is 0 Å². The van der Waals surface area contributed by atoms with Crippen LogP contribution in [0, 0.1) is 39.9 Å². The summed E-state index contributed by atoms with van der Waals surface area (Å²) in [6.45, 7) is 5.99. The highest BCUT2D eigenvalue weighted by Crippen LogP contribution is 2.88. The third-order valence-corrected chi connectivity index (χ3v) is 10.3. The molecule has 0 heterocycles. The summed E-state index contributed by atoms with van der Waals surface area (Å²) in [6, 6.07) is 0. The summed E-state index contributed by atoms with van der Waals surface area (Å²) in [5.41, 5.74) is -8.57. The minimum absolute atomic E-state index is 0.0628. The van der Waals surface area contributed by atoms with Crippen molar-refractivity contribution >= 4 is 28.9 Å².